The number of rotatable bonds is 0. The molecule has 1 saturated carbocycles. The molecule has 0 N–H and O–H groups in total. The average Bonchev–Trinajstić information content (AvgIpc) is 2.73. The Labute approximate surface area is 78.5 Å². The lowest BCUT2D eigenvalue weighted by Gasteiger charge is -2.08. The second-order valence-electron chi connectivity index (χ2n) is 3.75. The lowest BCUT2D eigenvalue weighted by atomic mass is 10.2. The maximum atomic E-state index is 13.4. The Morgan fingerprint density at radius 3 is 2.92 bits per heavy atom. The van der Waals surface area contributed by atoms with E-state index < -0.39 is 11.8 Å². The van der Waals surface area contributed by atoms with E-state index in [0.29, 0.717) is 17.1 Å². The number of nitrogens with zero attached hydrogens (tertiary/aromatic N) is 2. The van der Waals surface area contributed by atoms with Crippen LogP contribution < -0.4 is 0 Å². The molecule has 1 fully saturated rings. The van der Waals surface area contributed by atoms with Gasteiger partial charge in [0.25, 0.3) is 5.92 Å². The molecular weight excluding hydrogens is 198 g/mol. The first-order valence-corrected chi connectivity index (χ1v) is 4.52. The van der Waals surface area contributed by atoms with Crippen molar-refractivity contribution in [3.63, 3.8) is 0 Å². The highest BCUT2D eigenvalue weighted by Crippen LogP contribution is 2.67. The molecule has 3 rings (SSSR count). The molecule has 0 saturated heterocycles. The van der Waals surface area contributed by atoms with Crippen molar-refractivity contribution in [1.29, 1.82) is 0 Å². The molecule has 0 aromatic carbocycles. The maximum Gasteiger partial charge on any atom is 0.295 e. The normalized spacial score (nSPS) is 32.9. The van der Waals surface area contributed by atoms with Crippen molar-refractivity contribution in [2.24, 2.45) is 13.0 Å². The topological polar surface area (TPSA) is 17.8 Å². The summed E-state index contributed by atoms with van der Waals surface area (Å²) >= 11 is 5.87. The first kappa shape index (κ1) is 7.74. The van der Waals surface area contributed by atoms with Crippen LogP contribution in [0.25, 0.3) is 0 Å². The minimum atomic E-state index is -2.75. The summed E-state index contributed by atoms with van der Waals surface area (Å²) in [6.45, 7) is 0. The van der Waals surface area contributed by atoms with Gasteiger partial charge in [0.2, 0.25) is 0 Å². The second-order valence-corrected chi connectivity index (χ2v) is 4.11. The summed E-state index contributed by atoms with van der Waals surface area (Å²) in [5, 5.41) is 4.13. The van der Waals surface area contributed by atoms with Crippen LogP contribution in [0.4, 0.5) is 8.78 Å². The molecule has 0 radical (unpaired) electrons. The van der Waals surface area contributed by atoms with E-state index in [0.717, 1.165) is 0 Å². The van der Waals surface area contributed by atoms with Crippen LogP contribution in [0.3, 0.4) is 0 Å². The Balaban J connectivity index is 2.28. The summed E-state index contributed by atoms with van der Waals surface area (Å²) < 4.78 is 28.2. The molecule has 1 heterocycles. The third-order valence-electron chi connectivity index (χ3n) is 2.95. The van der Waals surface area contributed by atoms with Crippen LogP contribution in [0.5, 0.6) is 0 Å². The van der Waals surface area contributed by atoms with Crippen molar-refractivity contribution in [3.8, 4) is 0 Å². The predicted molar refractivity (Wildman–Crippen MR) is 43.0 cm³/mol. The number of aromatic nitrogens is 2. The van der Waals surface area contributed by atoms with Gasteiger partial charge in [-0.25, -0.2) is 0 Å². The summed E-state index contributed by atoms with van der Waals surface area (Å²) in [5.41, 5.74) is 0.486. The number of fused-ring (bicyclic) bond motifs is 3. The van der Waals surface area contributed by atoms with Gasteiger partial charge in [0.1, 0.15) is 10.8 Å². The van der Waals surface area contributed by atoms with Crippen LogP contribution in [0.2, 0.25) is 5.15 Å². The van der Waals surface area contributed by atoms with E-state index in [1.54, 1.807) is 7.05 Å². The zero-order valence-electron chi connectivity index (χ0n) is 6.89. The maximum absolute atomic E-state index is 13.4. The van der Waals surface area contributed by atoms with E-state index >= 15 is 0 Å². The molecule has 1 aromatic rings. The predicted octanol–water partition coefficient (Wildman–Crippen LogP) is 2.28. The fourth-order valence-corrected chi connectivity index (χ4v) is 2.45. The first-order valence-electron chi connectivity index (χ1n) is 4.14. The molecule has 13 heavy (non-hydrogen) atoms. The summed E-state index contributed by atoms with van der Waals surface area (Å²) in [6.07, 6.45) is 0.561. The van der Waals surface area contributed by atoms with E-state index in [2.05, 4.69) is 5.10 Å². The SMILES string of the molecule is Cn1nc2c(c1Cl)[C@H]1C[C@H]1C2(F)F. The number of hydrogen-bond acceptors (Lipinski definition) is 1. The summed E-state index contributed by atoms with van der Waals surface area (Å²) in [6, 6.07) is 0. The Bertz CT molecular complexity index is 399. The molecule has 0 unspecified atom stereocenters. The largest absolute Gasteiger partial charge is 0.295 e. The van der Waals surface area contributed by atoms with Gasteiger partial charge >= 0.3 is 0 Å². The molecule has 0 aliphatic heterocycles. The van der Waals surface area contributed by atoms with Crippen LogP contribution in [0.1, 0.15) is 23.6 Å². The van der Waals surface area contributed by atoms with Crippen molar-refractivity contribution in [3.05, 3.63) is 16.4 Å². The Hall–Kier alpha value is -0.640. The van der Waals surface area contributed by atoms with Gasteiger partial charge in [-0.1, -0.05) is 11.6 Å². The molecule has 0 bridgehead atoms. The van der Waals surface area contributed by atoms with Gasteiger partial charge in [0.15, 0.2) is 0 Å². The molecule has 0 spiro atoms. The Morgan fingerprint density at radius 1 is 1.62 bits per heavy atom. The van der Waals surface area contributed by atoms with Crippen LogP contribution in [-0.2, 0) is 13.0 Å². The molecule has 2 aliphatic carbocycles. The quantitative estimate of drug-likeness (QED) is 0.634. The zero-order chi connectivity index (χ0) is 9.38. The van der Waals surface area contributed by atoms with Gasteiger partial charge in [-0.15, -0.1) is 0 Å². The van der Waals surface area contributed by atoms with Crippen LogP contribution in [-0.4, -0.2) is 9.78 Å². The lowest BCUT2D eigenvalue weighted by molar-refractivity contribution is -0.0273. The van der Waals surface area contributed by atoms with Crippen molar-refractivity contribution >= 4 is 11.6 Å². The summed E-state index contributed by atoms with van der Waals surface area (Å²) in [7, 11) is 1.59. The standard InChI is InChI=1S/C8H7ClF2N2/c1-13-7(9)5-3-2-4(3)8(10,11)6(5)12-13/h3-4H,2H2,1H3/t3-,4+/m0/s1. The third kappa shape index (κ3) is 0.713. The van der Waals surface area contributed by atoms with E-state index in [1.807, 2.05) is 0 Å². The van der Waals surface area contributed by atoms with Crippen LogP contribution in [0.15, 0.2) is 0 Å². The van der Waals surface area contributed by atoms with Gasteiger partial charge in [0, 0.05) is 18.5 Å². The molecule has 70 valence electrons. The van der Waals surface area contributed by atoms with Crippen molar-refractivity contribution in [2.75, 3.05) is 0 Å². The van der Waals surface area contributed by atoms with Gasteiger partial charge in [-0.2, -0.15) is 13.9 Å². The van der Waals surface area contributed by atoms with E-state index in [1.165, 1.54) is 4.68 Å². The Kier molecular flexibility index (Phi) is 1.13. The van der Waals surface area contributed by atoms with Crippen molar-refractivity contribution in [2.45, 2.75) is 18.3 Å². The number of hydrogen-bond donors (Lipinski definition) is 0. The molecule has 2 aliphatic rings. The number of alkyl halides is 2. The molecule has 1 aromatic heterocycles. The minimum absolute atomic E-state index is 0.0359. The Morgan fingerprint density at radius 2 is 2.31 bits per heavy atom. The second kappa shape index (κ2) is 1.90. The average molecular weight is 205 g/mol. The van der Waals surface area contributed by atoms with E-state index in [9.17, 15) is 8.78 Å². The molecule has 2 nitrogen and oxygen atoms in total. The molecular formula is C8H7ClF2N2. The van der Waals surface area contributed by atoms with Gasteiger partial charge in [-0.05, 0) is 12.3 Å². The monoisotopic (exact) mass is 204 g/mol. The summed E-state index contributed by atoms with van der Waals surface area (Å²) in [5.74, 6) is -3.31. The molecule has 5 heteroatoms. The smallest absolute Gasteiger partial charge is 0.256 e. The highest BCUT2D eigenvalue weighted by molar-refractivity contribution is 6.30. The summed E-state index contributed by atoms with van der Waals surface area (Å²) in [4.78, 5) is 0. The van der Waals surface area contributed by atoms with E-state index in [-0.39, 0.29) is 11.6 Å². The lowest BCUT2D eigenvalue weighted by Crippen LogP contribution is -2.14. The molecule has 2 atom stereocenters. The minimum Gasteiger partial charge on any atom is -0.256 e. The van der Waals surface area contributed by atoms with Gasteiger partial charge < -0.3 is 0 Å². The number of halogens is 3. The van der Waals surface area contributed by atoms with Crippen LogP contribution >= 0.6 is 11.6 Å². The van der Waals surface area contributed by atoms with Crippen LogP contribution in [0, 0.1) is 5.92 Å². The van der Waals surface area contributed by atoms with Gasteiger partial charge in [-0.3, -0.25) is 4.68 Å². The highest BCUT2D eigenvalue weighted by atomic mass is 35.5. The fourth-order valence-electron chi connectivity index (χ4n) is 2.18. The molecule has 0 amide bonds. The zero-order valence-corrected chi connectivity index (χ0v) is 7.65. The third-order valence-corrected chi connectivity index (χ3v) is 3.40. The highest BCUT2D eigenvalue weighted by Gasteiger charge is 2.66. The first-order chi connectivity index (χ1) is 6.03. The number of aryl methyl sites for hydroxylation is 1. The fraction of sp³-hybridized carbons (Fsp3) is 0.625. The van der Waals surface area contributed by atoms with E-state index in [4.69, 9.17) is 11.6 Å². The van der Waals surface area contributed by atoms with Crippen molar-refractivity contribution in [1.82, 2.24) is 9.78 Å². The van der Waals surface area contributed by atoms with Crippen molar-refractivity contribution < 1.29 is 8.78 Å². The van der Waals surface area contributed by atoms with Gasteiger partial charge in [0.05, 0.1) is 0 Å².